The molecule has 1 aromatic carbocycles. The Bertz CT molecular complexity index is 1370. The van der Waals surface area contributed by atoms with Crippen LogP contribution >= 0.6 is 11.3 Å². The Kier molecular flexibility index (Phi) is 4.74. The van der Waals surface area contributed by atoms with Crippen molar-refractivity contribution in [2.75, 3.05) is 0 Å². The molecular formula is C21H22N4O3S. The van der Waals surface area contributed by atoms with E-state index >= 15 is 0 Å². The van der Waals surface area contributed by atoms with Gasteiger partial charge in [0.2, 0.25) is 0 Å². The zero-order valence-corrected chi connectivity index (χ0v) is 17.6. The molecule has 0 amide bonds. The van der Waals surface area contributed by atoms with Gasteiger partial charge < -0.3 is 4.57 Å². The summed E-state index contributed by atoms with van der Waals surface area (Å²) in [6.45, 7) is 6.84. The number of rotatable bonds is 5. The van der Waals surface area contributed by atoms with Crippen LogP contribution in [0.4, 0.5) is 0 Å². The van der Waals surface area contributed by atoms with E-state index in [1.54, 1.807) is 4.57 Å². The van der Waals surface area contributed by atoms with Gasteiger partial charge in [0.1, 0.15) is 10.7 Å². The van der Waals surface area contributed by atoms with Gasteiger partial charge >= 0.3 is 5.69 Å². The van der Waals surface area contributed by atoms with Crippen molar-refractivity contribution < 1.29 is 4.79 Å². The minimum Gasteiger partial charge on any atom is -0.323 e. The number of nitrogens with zero attached hydrogens (tertiary/aromatic N) is 4. The van der Waals surface area contributed by atoms with Gasteiger partial charge in [-0.1, -0.05) is 26.0 Å². The highest BCUT2D eigenvalue weighted by Gasteiger charge is 2.22. The summed E-state index contributed by atoms with van der Waals surface area (Å²) in [5.41, 5.74) is 1.42. The molecule has 0 aliphatic heterocycles. The standard InChI is InChI=1S/C21H22N4O3S/c1-12(2)9-25-20-18(19(27)23(4)21(25)28)14(11-26)17(29-20)10-24-13(3)22-15-7-5-6-8-16(15)24/h5-8,11-12H,9-10H2,1-4H3. The van der Waals surface area contributed by atoms with Gasteiger partial charge in [0, 0.05) is 24.0 Å². The third kappa shape index (κ3) is 3.04. The number of carbonyl (C=O) groups is 1. The molecule has 3 heterocycles. The molecule has 0 bridgehead atoms. The van der Waals surface area contributed by atoms with Gasteiger partial charge in [0.05, 0.1) is 23.0 Å². The van der Waals surface area contributed by atoms with Crippen molar-refractivity contribution in [3.8, 4) is 0 Å². The van der Waals surface area contributed by atoms with Gasteiger partial charge in [0.15, 0.2) is 6.29 Å². The Morgan fingerprint density at radius 3 is 2.59 bits per heavy atom. The SMILES string of the molecule is Cc1nc2ccccc2n1Cc1sc2c(c1C=O)c(=O)n(C)c(=O)n2CC(C)C. The van der Waals surface area contributed by atoms with Gasteiger partial charge in [-0.3, -0.25) is 18.7 Å². The van der Waals surface area contributed by atoms with Gasteiger partial charge in [-0.2, -0.15) is 0 Å². The molecule has 4 rings (SSSR count). The second-order valence-electron chi connectivity index (χ2n) is 7.62. The van der Waals surface area contributed by atoms with Crippen LogP contribution < -0.4 is 11.2 Å². The summed E-state index contributed by atoms with van der Waals surface area (Å²) in [6.07, 6.45) is 0.730. The highest BCUT2D eigenvalue weighted by atomic mass is 32.1. The van der Waals surface area contributed by atoms with Crippen molar-refractivity contribution in [1.82, 2.24) is 18.7 Å². The number of fused-ring (bicyclic) bond motifs is 2. The molecule has 0 aliphatic carbocycles. The van der Waals surface area contributed by atoms with Crippen LogP contribution in [0.15, 0.2) is 33.9 Å². The number of para-hydroxylation sites is 2. The molecule has 0 aliphatic rings. The van der Waals surface area contributed by atoms with Crippen molar-refractivity contribution >= 4 is 38.9 Å². The van der Waals surface area contributed by atoms with E-state index in [-0.39, 0.29) is 11.6 Å². The van der Waals surface area contributed by atoms with Crippen molar-refractivity contribution in [1.29, 1.82) is 0 Å². The number of aryl methyl sites for hydroxylation is 1. The molecule has 0 atom stereocenters. The molecular weight excluding hydrogens is 388 g/mol. The Labute approximate surface area is 170 Å². The average Bonchev–Trinajstić information content (AvgIpc) is 3.21. The molecule has 150 valence electrons. The van der Waals surface area contributed by atoms with Gasteiger partial charge in [-0.25, -0.2) is 9.78 Å². The van der Waals surface area contributed by atoms with Crippen LogP contribution in [0.5, 0.6) is 0 Å². The molecule has 4 aromatic rings. The molecule has 0 radical (unpaired) electrons. The zero-order valence-electron chi connectivity index (χ0n) is 16.8. The summed E-state index contributed by atoms with van der Waals surface area (Å²) in [5.74, 6) is 1.05. The Balaban J connectivity index is 1.99. The molecule has 7 nitrogen and oxygen atoms in total. The van der Waals surface area contributed by atoms with Gasteiger partial charge in [0.25, 0.3) is 5.56 Å². The van der Waals surface area contributed by atoms with Crippen molar-refractivity contribution in [3.63, 3.8) is 0 Å². The van der Waals surface area contributed by atoms with E-state index in [0.717, 1.165) is 32.6 Å². The topological polar surface area (TPSA) is 78.9 Å². The first-order valence-electron chi connectivity index (χ1n) is 9.45. The Hall–Kier alpha value is -3.00. The lowest BCUT2D eigenvalue weighted by atomic mass is 10.2. The smallest absolute Gasteiger partial charge is 0.323 e. The first kappa shape index (κ1) is 19.3. The molecule has 0 unspecified atom stereocenters. The van der Waals surface area contributed by atoms with Crippen LogP contribution in [0, 0.1) is 12.8 Å². The fourth-order valence-electron chi connectivity index (χ4n) is 3.70. The van der Waals surface area contributed by atoms with Crippen LogP contribution in [0.2, 0.25) is 0 Å². The number of hydrogen-bond donors (Lipinski definition) is 0. The lowest BCUT2D eigenvalue weighted by molar-refractivity contribution is 0.112. The summed E-state index contributed by atoms with van der Waals surface area (Å²) in [5, 5.41) is 0.324. The first-order chi connectivity index (χ1) is 13.8. The highest BCUT2D eigenvalue weighted by Crippen LogP contribution is 2.30. The maximum absolute atomic E-state index is 12.8. The van der Waals surface area contributed by atoms with E-state index in [4.69, 9.17) is 0 Å². The largest absolute Gasteiger partial charge is 0.331 e. The Morgan fingerprint density at radius 1 is 1.17 bits per heavy atom. The normalized spacial score (nSPS) is 11.8. The predicted octanol–water partition coefficient (Wildman–Crippen LogP) is 2.94. The second-order valence-corrected chi connectivity index (χ2v) is 8.71. The lowest BCUT2D eigenvalue weighted by Gasteiger charge is -2.11. The van der Waals surface area contributed by atoms with Crippen molar-refractivity contribution in [3.05, 3.63) is 61.4 Å². The number of thiophene rings is 1. The molecule has 0 N–H and O–H groups in total. The molecule has 29 heavy (non-hydrogen) atoms. The highest BCUT2D eigenvalue weighted by molar-refractivity contribution is 7.19. The average molecular weight is 410 g/mol. The molecule has 0 fully saturated rings. The first-order valence-corrected chi connectivity index (χ1v) is 10.3. The van der Waals surface area contributed by atoms with Crippen molar-refractivity contribution in [2.24, 2.45) is 13.0 Å². The number of carbonyl (C=O) groups excluding carboxylic acids is 1. The Morgan fingerprint density at radius 2 is 1.90 bits per heavy atom. The number of imidazole rings is 1. The van der Waals surface area contributed by atoms with Gasteiger partial charge in [-0.15, -0.1) is 11.3 Å². The number of benzene rings is 1. The number of aromatic nitrogens is 4. The molecule has 3 aromatic heterocycles. The summed E-state index contributed by atoms with van der Waals surface area (Å²) in [7, 11) is 1.46. The fraction of sp³-hybridized carbons (Fsp3) is 0.333. The molecule has 8 heteroatoms. The molecule has 0 saturated heterocycles. The van der Waals surface area contributed by atoms with E-state index in [2.05, 4.69) is 4.98 Å². The summed E-state index contributed by atoms with van der Waals surface area (Å²) in [4.78, 5) is 43.5. The lowest BCUT2D eigenvalue weighted by Crippen LogP contribution is -2.38. The number of hydrogen-bond acceptors (Lipinski definition) is 5. The third-order valence-corrected chi connectivity index (χ3v) is 6.31. The van der Waals surface area contributed by atoms with Crippen molar-refractivity contribution in [2.45, 2.75) is 33.9 Å². The number of aldehydes is 1. The van der Waals surface area contributed by atoms with E-state index in [1.807, 2.05) is 49.6 Å². The van der Waals surface area contributed by atoms with E-state index in [9.17, 15) is 14.4 Å². The summed E-state index contributed by atoms with van der Waals surface area (Å²) < 4.78 is 4.73. The van der Waals surface area contributed by atoms with Crippen LogP contribution in [0.25, 0.3) is 21.3 Å². The monoisotopic (exact) mass is 410 g/mol. The third-order valence-electron chi connectivity index (χ3n) is 5.10. The minimum absolute atomic E-state index is 0.221. The molecule has 0 saturated carbocycles. The molecule has 0 spiro atoms. The maximum atomic E-state index is 12.8. The second kappa shape index (κ2) is 7.11. The maximum Gasteiger partial charge on any atom is 0.331 e. The summed E-state index contributed by atoms with van der Waals surface area (Å²) >= 11 is 1.34. The predicted molar refractivity (Wildman–Crippen MR) is 115 cm³/mol. The van der Waals surface area contributed by atoms with Crippen LogP contribution in [-0.4, -0.2) is 25.0 Å². The fourth-order valence-corrected chi connectivity index (χ4v) is 4.95. The van der Waals surface area contributed by atoms with Crippen LogP contribution in [-0.2, 0) is 20.1 Å². The van der Waals surface area contributed by atoms with E-state index in [1.165, 1.54) is 18.4 Å². The van der Waals surface area contributed by atoms with E-state index < -0.39 is 5.56 Å². The van der Waals surface area contributed by atoms with Gasteiger partial charge in [-0.05, 0) is 25.0 Å². The van der Waals surface area contributed by atoms with Crippen LogP contribution in [0.3, 0.4) is 0 Å². The zero-order chi connectivity index (χ0) is 20.9. The minimum atomic E-state index is -0.429. The van der Waals surface area contributed by atoms with Crippen LogP contribution in [0.1, 0.15) is 34.9 Å². The summed E-state index contributed by atoms with van der Waals surface area (Å²) in [6, 6.07) is 7.81. The van der Waals surface area contributed by atoms with E-state index in [0.29, 0.717) is 28.9 Å². The quantitative estimate of drug-likeness (QED) is 0.474.